The van der Waals surface area contributed by atoms with E-state index in [0.29, 0.717) is 177 Å². The lowest BCUT2D eigenvalue weighted by atomic mass is 10.0. The second kappa shape index (κ2) is 31.6. The van der Waals surface area contributed by atoms with E-state index in [-0.39, 0.29) is 48.4 Å². The molecule has 5 heterocycles. The minimum absolute atomic E-state index is 0.128. The molecule has 0 aliphatic carbocycles. The van der Waals surface area contributed by atoms with Crippen LogP contribution in [0.15, 0.2) is 84.9 Å². The molecule has 460 valence electrons. The molecule has 1 aliphatic heterocycles. The molecule has 0 saturated heterocycles. The normalized spacial score (nSPS) is 12.0. The molecule has 0 unspecified atom stereocenters. The lowest BCUT2D eigenvalue weighted by Crippen LogP contribution is -2.46. The van der Waals surface area contributed by atoms with Crippen molar-refractivity contribution >= 4 is 121 Å². The van der Waals surface area contributed by atoms with Crippen LogP contribution in [0.1, 0.15) is 65.8 Å². The topological polar surface area (TPSA) is 216 Å². The molecule has 7 N–H and O–H groups in total. The molecule has 8 bridgehead atoms. The van der Waals surface area contributed by atoms with E-state index in [4.69, 9.17) is 87.4 Å². The van der Waals surface area contributed by atoms with Gasteiger partial charge in [0.2, 0.25) is 0 Å². The van der Waals surface area contributed by atoms with E-state index in [9.17, 15) is 14.0 Å². The Morgan fingerprint density at radius 2 is 0.802 bits per heavy atom. The Morgan fingerprint density at radius 1 is 0.453 bits per heavy atom. The van der Waals surface area contributed by atoms with Gasteiger partial charge in [0.1, 0.15) is 30.5 Å². The molecule has 0 atom stereocenters. The van der Waals surface area contributed by atoms with E-state index < -0.39 is 23.4 Å². The zero-order valence-electron chi connectivity index (χ0n) is 49.0. The highest BCUT2D eigenvalue weighted by Gasteiger charge is 2.40. The summed E-state index contributed by atoms with van der Waals surface area (Å²) in [6.07, 6.45) is 5.03. The van der Waals surface area contributed by atoms with Crippen molar-refractivity contribution in [3.8, 4) is 44.9 Å². The molecule has 0 radical (unpaired) electrons. The average molecular weight is 1300 g/mol. The van der Waals surface area contributed by atoms with Gasteiger partial charge in [-0.25, -0.2) is 19.0 Å². The smallest absolute Gasteiger partial charge is 0.492 e. The minimum Gasteiger partial charge on any atom is -0.492 e. The molecule has 1 aliphatic rings. The standard InChI is InChI=1S/C61H73Cl4FN8O10Si2/c1-7-79-85(80-8-2,81-9-3)33-13-27-67-60(75)69-29-31-77-41-35-43(62)56(44(63)36-41)58-51-21-19-47(71-51)48-20-22-52(72-48)59(54-26-24-50(74-54)55(49-23-25-53(58)73-49)39-15-17-40(66)18-16-39)57-45(64)37-42(38-46(57)65)78-32-30-70-61(76)68-28-14-34-86(82-10-4,83-11-5)84-12-6/h15-26,35-38,71,73-74H,7-14,27-34H2,1-6H3,(H2,67,69,75)(H2,68,70,76). The predicted octanol–water partition coefficient (Wildman–Crippen LogP) is 14.7. The Balaban J connectivity index is 1.05. The van der Waals surface area contributed by atoms with E-state index >= 15 is 0 Å². The van der Waals surface area contributed by atoms with E-state index in [2.05, 4.69) is 36.2 Å². The molecule has 4 aromatic heterocycles. The van der Waals surface area contributed by atoms with Gasteiger partial charge in [-0.3, -0.25) is 0 Å². The third kappa shape index (κ3) is 16.7. The highest BCUT2D eigenvalue weighted by atomic mass is 35.5. The van der Waals surface area contributed by atoms with Gasteiger partial charge in [0, 0.05) is 120 Å². The fourth-order valence-electron chi connectivity index (χ4n) is 10.2. The van der Waals surface area contributed by atoms with Gasteiger partial charge in [0.05, 0.1) is 50.1 Å². The van der Waals surface area contributed by atoms with Crippen LogP contribution in [0.4, 0.5) is 14.0 Å². The first kappa shape index (κ1) is 65.8. The largest absolute Gasteiger partial charge is 0.500 e. The Hall–Kier alpha value is -6.19. The molecule has 86 heavy (non-hydrogen) atoms. The van der Waals surface area contributed by atoms with Gasteiger partial charge in [0.25, 0.3) is 0 Å². The van der Waals surface area contributed by atoms with Crippen LogP contribution in [0.25, 0.3) is 78.6 Å². The van der Waals surface area contributed by atoms with Crippen molar-refractivity contribution in [2.45, 2.75) is 66.5 Å². The zero-order valence-corrected chi connectivity index (χ0v) is 54.0. The zero-order chi connectivity index (χ0) is 61.2. The van der Waals surface area contributed by atoms with Crippen LogP contribution in [-0.4, -0.2) is 129 Å². The van der Waals surface area contributed by atoms with Gasteiger partial charge in [-0.1, -0.05) is 58.5 Å². The first-order chi connectivity index (χ1) is 41.7. The minimum atomic E-state index is -2.82. The second-order valence-corrected chi connectivity index (χ2v) is 26.6. The molecule has 4 amide bonds. The van der Waals surface area contributed by atoms with Gasteiger partial charge in [-0.2, -0.15) is 0 Å². The summed E-state index contributed by atoms with van der Waals surface area (Å²) in [7, 11) is -5.64. The number of fused-ring (bicyclic) bond motifs is 9. The first-order valence-electron chi connectivity index (χ1n) is 28.9. The number of carbonyl (C=O) groups is 2. The van der Waals surface area contributed by atoms with Crippen molar-refractivity contribution in [2.24, 2.45) is 0 Å². The van der Waals surface area contributed by atoms with Gasteiger partial charge >= 0.3 is 29.7 Å². The monoisotopic (exact) mass is 1290 g/mol. The first-order valence-corrected chi connectivity index (χ1v) is 34.3. The maximum Gasteiger partial charge on any atom is 0.500 e. The molecule has 0 spiro atoms. The number of aromatic nitrogens is 4. The summed E-state index contributed by atoms with van der Waals surface area (Å²) < 4.78 is 62.3. The van der Waals surface area contributed by atoms with Crippen molar-refractivity contribution in [1.29, 1.82) is 0 Å². The van der Waals surface area contributed by atoms with Crippen LogP contribution in [0.3, 0.4) is 0 Å². The summed E-state index contributed by atoms with van der Waals surface area (Å²) in [5.74, 6) is 0.398. The van der Waals surface area contributed by atoms with Crippen molar-refractivity contribution < 1.29 is 50.0 Å². The number of hydrogen-bond donors (Lipinski definition) is 7. The average Bonchev–Trinajstić information content (AvgIpc) is 2.45. The Labute approximate surface area is 522 Å². The number of amides is 4. The van der Waals surface area contributed by atoms with Gasteiger partial charge in [-0.15, -0.1) is 0 Å². The molecule has 8 rings (SSSR count). The Bertz CT molecular complexity index is 3530. The lowest BCUT2D eigenvalue weighted by molar-refractivity contribution is 0.0700. The predicted molar refractivity (Wildman–Crippen MR) is 345 cm³/mol. The lowest BCUT2D eigenvalue weighted by Gasteiger charge is -2.28. The number of aromatic amines is 3. The summed E-state index contributed by atoms with van der Waals surface area (Å²) in [6.45, 7) is 15.8. The number of carbonyl (C=O) groups excluding carboxylic acids is 2. The van der Waals surface area contributed by atoms with Crippen LogP contribution < -0.4 is 30.7 Å². The maximum atomic E-state index is 14.6. The molecule has 18 nitrogen and oxygen atoms in total. The van der Waals surface area contributed by atoms with Gasteiger partial charge in [-0.05, 0) is 145 Å². The molecule has 0 fully saturated rings. The fourth-order valence-corrected chi connectivity index (χ4v) is 16.7. The molecule has 25 heteroatoms. The number of urea groups is 2. The summed E-state index contributed by atoms with van der Waals surface area (Å²) in [5, 5.41) is 12.6. The van der Waals surface area contributed by atoms with Gasteiger partial charge < -0.3 is 72.2 Å². The van der Waals surface area contributed by atoms with Crippen LogP contribution in [0.5, 0.6) is 11.5 Å². The molecule has 3 aromatic carbocycles. The van der Waals surface area contributed by atoms with Gasteiger partial charge in [0.15, 0.2) is 0 Å². The summed E-state index contributed by atoms with van der Waals surface area (Å²) in [4.78, 5) is 41.4. The van der Waals surface area contributed by atoms with E-state index in [0.717, 1.165) is 0 Å². The molecular weight excluding hydrogens is 1220 g/mol. The third-order valence-electron chi connectivity index (χ3n) is 13.6. The number of ether oxygens (including phenoxy) is 2. The van der Waals surface area contributed by atoms with Crippen molar-refractivity contribution in [1.82, 2.24) is 41.2 Å². The van der Waals surface area contributed by atoms with Crippen LogP contribution in [0.2, 0.25) is 32.2 Å². The summed E-state index contributed by atoms with van der Waals surface area (Å²) >= 11 is 28.9. The van der Waals surface area contributed by atoms with E-state index in [1.807, 2.05) is 90.1 Å². The summed E-state index contributed by atoms with van der Waals surface area (Å²) in [5.41, 5.74) is 8.85. The number of nitrogens with one attached hydrogen (secondary N) is 7. The van der Waals surface area contributed by atoms with Crippen LogP contribution >= 0.6 is 46.4 Å². The highest BCUT2D eigenvalue weighted by molar-refractivity contribution is 6.61. The SMILES string of the molecule is CCO[Si](CCCNC(=O)NCCOc1cc(Cl)c(-c2c3nc(c4ccc([nH]4)c(-c4c(Cl)cc(OCCNC(=O)NCCC[Si](OCC)(OCC)OCC)cc4Cl)c4ccc([nH]4)c(-c4ccc(F)cc4)c4ccc2[nH]4)C=C3)c(Cl)c1)(OCC)OCC. The summed E-state index contributed by atoms with van der Waals surface area (Å²) in [6, 6.07) is 25.0. The number of benzene rings is 3. The van der Waals surface area contributed by atoms with E-state index in [1.165, 1.54) is 12.1 Å². The Kier molecular flexibility index (Phi) is 24.2. The van der Waals surface area contributed by atoms with Crippen molar-refractivity contribution in [2.75, 3.05) is 79.0 Å². The number of hydrogen-bond acceptors (Lipinski definition) is 11. The van der Waals surface area contributed by atoms with Crippen molar-refractivity contribution in [3.63, 3.8) is 0 Å². The fraction of sp³-hybridized carbons (Fsp3) is 0.361. The second-order valence-electron chi connectivity index (χ2n) is 19.5. The van der Waals surface area contributed by atoms with E-state index in [1.54, 1.807) is 36.4 Å². The highest BCUT2D eigenvalue weighted by Crippen LogP contribution is 2.45. The quantitative estimate of drug-likeness (QED) is 0.0160. The number of halogens is 5. The van der Waals surface area contributed by atoms with Crippen LogP contribution in [0, 0.1) is 5.82 Å². The number of nitrogens with zero attached hydrogens (tertiary/aromatic N) is 1. The third-order valence-corrected chi connectivity index (χ3v) is 21.1. The molecule has 0 saturated carbocycles. The van der Waals surface area contributed by atoms with Crippen LogP contribution in [-0.2, 0) is 26.6 Å². The molecule has 7 aromatic rings. The number of rotatable bonds is 31. The Morgan fingerprint density at radius 3 is 1.22 bits per heavy atom. The van der Waals surface area contributed by atoms with Crippen molar-refractivity contribution in [3.05, 3.63) is 122 Å². The number of H-pyrrole nitrogens is 3. The molecular formula is C61H73Cl4FN8O10Si2. The maximum absolute atomic E-state index is 14.6.